The second-order valence-corrected chi connectivity index (χ2v) is 9.41. The molecule has 2 aliphatic rings. The molecule has 0 atom stereocenters. The van der Waals surface area contributed by atoms with E-state index in [0.29, 0.717) is 43.0 Å². The van der Waals surface area contributed by atoms with Gasteiger partial charge >= 0.3 is 6.09 Å². The number of benzene rings is 2. The first-order valence-corrected chi connectivity index (χ1v) is 12.5. The van der Waals surface area contributed by atoms with Crippen molar-refractivity contribution in [1.82, 2.24) is 14.9 Å². The largest absolute Gasteiger partial charge is 0.497 e. The lowest BCUT2D eigenvalue weighted by Crippen LogP contribution is -2.38. The minimum Gasteiger partial charge on any atom is -0.497 e. The predicted molar refractivity (Wildman–Crippen MR) is 136 cm³/mol. The topological polar surface area (TPSA) is 77.0 Å². The number of fused-ring (bicyclic) bond motifs is 1. The van der Waals surface area contributed by atoms with Crippen molar-refractivity contribution in [3.05, 3.63) is 71.4 Å². The molecular weight excluding hydrogens is 456 g/mol. The molecule has 0 radical (unpaired) electrons. The number of aromatic nitrogens is 2. The molecule has 3 heterocycles. The number of hydrogen-bond donors (Lipinski definition) is 0. The minimum absolute atomic E-state index is 0.237. The second kappa shape index (κ2) is 10.8. The van der Waals surface area contributed by atoms with Gasteiger partial charge in [0.15, 0.2) is 0 Å². The number of hydrogen-bond acceptors (Lipinski definition) is 7. The number of anilines is 1. The summed E-state index contributed by atoms with van der Waals surface area (Å²) in [6.45, 7) is 5.26. The predicted octanol–water partition coefficient (Wildman–Crippen LogP) is 5.21. The Morgan fingerprint density at radius 2 is 1.69 bits per heavy atom. The molecule has 0 N–H and O–H groups in total. The molecule has 0 spiro atoms. The van der Waals surface area contributed by atoms with Crippen LogP contribution in [-0.2, 0) is 24.3 Å². The molecule has 1 amide bonds. The van der Waals surface area contributed by atoms with E-state index in [-0.39, 0.29) is 12.7 Å². The summed E-state index contributed by atoms with van der Waals surface area (Å²) in [7, 11) is 1.63. The lowest BCUT2D eigenvalue weighted by Gasteiger charge is -2.33. The van der Waals surface area contributed by atoms with Crippen LogP contribution < -0.4 is 14.4 Å². The molecular formula is C28H32N4O4. The van der Waals surface area contributed by atoms with Gasteiger partial charge in [0.2, 0.25) is 11.8 Å². The maximum Gasteiger partial charge on any atom is 0.410 e. The Bertz CT molecular complexity index is 1180. The highest BCUT2D eigenvalue weighted by molar-refractivity contribution is 5.68. The third-order valence-electron chi connectivity index (χ3n) is 6.81. The molecule has 5 rings (SSSR count). The summed E-state index contributed by atoms with van der Waals surface area (Å²) in [5.41, 5.74) is 2.70. The molecule has 0 unspecified atom stereocenters. The number of rotatable bonds is 6. The Hall–Kier alpha value is -3.81. The quantitative estimate of drug-likeness (QED) is 0.471. The molecule has 0 aliphatic carbocycles. The standard InChI is InChI=1S/C28H32N4O4/c1-20-12-15-31(16-13-20)27-29-25-14-17-32(28(33)35-19-21-6-4-3-5-7-21)18-24(25)26(30-27)36-23-10-8-22(34-2)9-11-23/h3-11,20H,12-19H2,1-2H3. The summed E-state index contributed by atoms with van der Waals surface area (Å²) in [5, 5.41) is 0. The van der Waals surface area contributed by atoms with Crippen LogP contribution in [0.25, 0.3) is 0 Å². The minimum atomic E-state index is -0.353. The highest BCUT2D eigenvalue weighted by Crippen LogP contribution is 2.33. The van der Waals surface area contributed by atoms with Crippen LogP contribution in [-0.4, -0.2) is 47.7 Å². The number of carbonyl (C=O) groups is 1. The normalized spacial score (nSPS) is 15.8. The summed E-state index contributed by atoms with van der Waals surface area (Å²) in [6, 6.07) is 17.1. The van der Waals surface area contributed by atoms with Crippen LogP contribution in [0.5, 0.6) is 17.4 Å². The van der Waals surface area contributed by atoms with Crippen molar-refractivity contribution >= 4 is 12.0 Å². The molecule has 188 valence electrons. The van der Waals surface area contributed by atoms with Crippen LogP contribution in [0.15, 0.2) is 54.6 Å². The highest BCUT2D eigenvalue weighted by atomic mass is 16.6. The van der Waals surface area contributed by atoms with Crippen LogP contribution in [0.1, 0.15) is 36.6 Å². The fourth-order valence-corrected chi connectivity index (χ4v) is 4.53. The summed E-state index contributed by atoms with van der Waals surface area (Å²) in [5.74, 6) is 3.30. The third-order valence-corrected chi connectivity index (χ3v) is 6.81. The van der Waals surface area contributed by atoms with Gasteiger partial charge < -0.3 is 24.0 Å². The summed E-state index contributed by atoms with van der Waals surface area (Å²) in [6.07, 6.45) is 2.51. The molecule has 0 saturated carbocycles. The van der Waals surface area contributed by atoms with Gasteiger partial charge in [0.1, 0.15) is 18.1 Å². The van der Waals surface area contributed by atoms with Crippen molar-refractivity contribution in [2.45, 2.75) is 39.3 Å². The summed E-state index contributed by atoms with van der Waals surface area (Å²) >= 11 is 0. The monoisotopic (exact) mass is 488 g/mol. The Kier molecular flexibility index (Phi) is 7.21. The van der Waals surface area contributed by atoms with Crippen LogP contribution >= 0.6 is 0 Å². The van der Waals surface area contributed by atoms with Gasteiger partial charge in [0.25, 0.3) is 0 Å². The maximum atomic E-state index is 12.9. The van der Waals surface area contributed by atoms with E-state index >= 15 is 0 Å². The second-order valence-electron chi connectivity index (χ2n) is 9.41. The van der Waals surface area contributed by atoms with Crippen molar-refractivity contribution in [2.75, 3.05) is 31.6 Å². The van der Waals surface area contributed by atoms with E-state index in [1.54, 1.807) is 12.0 Å². The number of piperidine rings is 1. The Labute approximate surface area is 211 Å². The van der Waals surface area contributed by atoms with E-state index in [0.717, 1.165) is 48.5 Å². The van der Waals surface area contributed by atoms with Crippen LogP contribution in [0.3, 0.4) is 0 Å². The van der Waals surface area contributed by atoms with Gasteiger partial charge in [-0.25, -0.2) is 9.78 Å². The van der Waals surface area contributed by atoms with Gasteiger partial charge in [-0.15, -0.1) is 0 Å². The first kappa shape index (κ1) is 23.9. The first-order chi connectivity index (χ1) is 17.6. The fraction of sp³-hybridized carbons (Fsp3) is 0.393. The number of nitrogens with zero attached hydrogens (tertiary/aromatic N) is 4. The van der Waals surface area contributed by atoms with Crippen LogP contribution in [0, 0.1) is 5.92 Å². The summed E-state index contributed by atoms with van der Waals surface area (Å²) < 4.78 is 17.1. The van der Waals surface area contributed by atoms with Gasteiger partial charge in [-0.1, -0.05) is 37.3 Å². The van der Waals surface area contributed by atoms with Crippen molar-refractivity contribution < 1.29 is 19.0 Å². The van der Waals surface area contributed by atoms with Crippen LogP contribution in [0.4, 0.5) is 10.7 Å². The Balaban J connectivity index is 1.38. The van der Waals surface area contributed by atoms with E-state index in [1.165, 1.54) is 0 Å². The zero-order chi connectivity index (χ0) is 24.9. The molecule has 3 aromatic rings. The van der Waals surface area contributed by atoms with Gasteiger partial charge in [0, 0.05) is 26.1 Å². The lowest BCUT2D eigenvalue weighted by atomic mass is 9.99. The number of carbonyl (C=O) groups excluding carboxylic acids is 1. The van der Waals surface area contributed by atoms with E-state index in [2.05, 4.69) is 11.8 Å². The Morgan fingerprint density at radius 1 is 0.972 bits per heavy atom. The van der Waals surface area contributed by atoms with Crippen LogP contribution in [0.2, 0.25) is 0 Å². The zero-order valence-corrected chi connectivity index (χ0v) is 20.9. The lowest BCUT2D eigenvalue weighted by molar-refractivity contribution is 0.0912. The summed E-state index contributed by atoms with van der Waals surface area (Å²) in [4.78, 5) is 26.6. The molecule has 1 fully saturated rings. The molecule has 36 heavy (non-hydrogen) atoms. The number of amides is 1. The molecule has 1 saturated heterocycles. The highest BCUT2D eigenvalue weighted by Gasteiger charge is 2.29. The van der Waals surface area contributed by atoms with Gasteiger partial charge in [-0.3, -0.25) is 0 Å². The average Bonchev–Trinajstić information content (AvgIpc) is 2.93. The number of ether oxygens (including phenoxy) is 3. The van der Waals surface area contributed by atoms with Gasteiger partial charge in [-0.05, 0) is 48.6 Å². The molecule has 2 aromatic carbocycles. The SMILES string of the molecule is COc1ccc(Oc2nc(N3CCC(C)CC3)nc3c2CN(C(=O)OCc2ccccc2)CC3)cc1. The molecule has 0 bridgehead atoms. The first-order valence-electron chi connectivity index (χ1n) is 12.5. The van der Waals surface area contributed by atoms with E-state index < -0.39 is 0 Å². The fourth-order valence-electron chi connectivity index (χ4n) is 4.53. The van der Waals surface area contributed by atoms with E-state index in [4.69, 9.17) is 24.2 Å². The smallest absolute Gasteiger partial charge is 0.410 e. The molecule has 1 aromatic heterocycles. The average molecular weight is 489 g/mol. The van der Waals surface area contributed by atoms with E-state index in [9.17, 15) is 4.79 Å². The molecule has 8 heteroatoms. The van der Waals surface area contributed by atoms with Gasteiger partial charge in [0.05, 0.1) is 24.9 Å². The van der Waals surface area contributed by atoms with Gasteiger partial charge in [-0.2, -0.15) is 4.98 Å². The van der Waals surface area contributed by atoms with E-state index in [1.807, 2.05) is 54.6 Å². The zero-order valence-electron chi connectivity index (χ0n) is 20.9. The van der Waals surface area contributed by atoms with Crippen molar-refractivity contribution in [3.8, 4) is 17.4 Å². The maximum absolute atomic E-state index is 12.9. The van der Waals surface area contributed by atoms with Crippen molar-refractivity contribution in [3.63, 3.8) is 0 Å². The molecule has 8 nitrogen and oxygen atoms in total. The van der Waals surface area contributed by atoms with Crippen molar-refractivity contribution in [1.29, 1.82) is 0 Å². The molecule has 2 aliphatic heterocycles. The van der Waals surface area contributed by atoms with Crippen molar-refractivity contribution in [2.24, 2.45) is 5.92 Å². The Morgan fingerprint density at radius 3 is 2.42 bits per heavy atom. The third kappa shape index (κ3) is 5.53. The number of methoxy groups -OCH3 is 1.